The van der Waals surface area contributed by atoms with Gasteiger partial charge in [-0.3, -0.25) is 9.59 Å². The maximum absolute atomic E-state index is 13.1. The summed E-state index contributed by atoms with van der Waals surface area (Å²) in [4.78, 5) is 24.1. The summed E-state index contributed by atoms with van der Waals surface area (Å²) in [5.74, 6) is -1.46. The number of ether oxygens (including phenoxy) is 1. The number of carbonyl (C=O) groups excluding carboxylic acids is 1. The molecule has 0 spiro atoms. The molecule has 0 unspecified atom stereocenters. The largest absolute Gasteiger partial charge is 0.507 e. The van der Waals surface area contributed by atoms with Gasteiger partial charge in [0.15, 0.2) is 5.75 Å². The van der Waals surface area contributed by atoms with E-state index in [1.54, 1.807) is 0 Å². The second kappa shape index (κ2) is 11.8. The highest BCUT2D eigenvalue weighted by Crippen LogP contribution is 2.38. The molecular weight excluding hydrogens is 513 g/mol. The number of benzene rings is 4. The third-order valence-electron chi connectivity index (χ3n) is 5.72. The Balaban J connectivity index is 1.53. The van der Waals surface area contributed by atoms with Crippen LogP contribution in [0.2, 0.25) is 10.0 Å². The van der Waals surface area contributed by atoms with Crippen molar-refractivity contribution in [3.8, 4) is 17.2 Å². The Labute approximate surface area is 224 Å². The lowest BCUT2D eigenvalue weighted by Gasteiger charge is -2.19. The number of carboxylic acids is 1. The summed E-state index contributed by atoms with van der Waals surface area (Å²) in [5.41, 5.74) is 2.54. The van der Waals surface area contributed by atoms with Crippen LogP contribution >= 0.6 is 23.2 Å². The molecule has 0 bridgehead atoms. The molecule has 0 atom stereocenters. The number of amides is 1. The number of carboxylic acid groups (broad SMARTS) is 1. The number of halogens is 2. The predicted octanol–water partition coefficient (Wildman–Crippen LogP) is 6.68. The van der Waals surface area contributed by atoms with Gasteiger partial charge in [-0.25, -0.2) is 0 Å². The maximum atomic E-state index is 13.1. The highest BCUT2D eigenvalue weighted by atomic mass is 35.5. The van der Waals surface area contributed by atoms with Gasteiger partial charge in [0.05, 0.1) is 22.0 Å². The molecular formula is C29H23Cl2NO5. The van der Waals surface area contributed by atoms with Gasteiger partial charge in [-0.15, -0.1) is 0 Å². The van der Waals surface area contributed by atoms with Crippen molar-refractivity contribution < 1.29 is 24.5 Å². The van der Waals surface area contributed by atoms with Crippen LogP contribution in [0.25, 0.3) is 0 Å². The molecule has 0 saturated heterocycles. The number of phenols is 1. The molecule has 37 heavy (non-hydrogen) atoms. The number of hydrogen-bond acceptors (Lipinski definition) is 4. The Kier molecular flexibility index (Phi) is 8.33. The van der Waals surface area contributed by atoms with Gasteiger partial charge in [0.25, 0.3) is 5.91 Å². The number of aliphatic carboxylic acids is 1. The second-order valence-electron chi connectivity index (χ2n) is 8.32. The van der Waals surface area contributed by atoms with Crippen molar-refractivity contribution in [1.82, 2.24) is 5.32 Å². The fourth-order valence-electron chi connectivity index (χ4n) is 3.95. The molecule has 0 aliphatic rings. The monoisotopic (exact) mass is 535 g/mol. The minimum Gasteiger partial charge on any atom is -0.507 e. The Hall–Kier alpha value is -4.00. The van der Waals surface area contributed by atoms with Crippen molar-refractivity contribution in [2.45, 2.75) is 12.3 Å². The van der Waals surface area contributed by atoms with E-state index in [1.165, 1.54) is 30.3 Å². The normalized spacial score (nSPS) is 10.8. The molecule has 0 aromatic heterocycles. The molecule has 1 amide bonds. The van der Waals surface area contributed by atoms with Crippen LogP contribution in [0.15, 0.2) is 91.0 Å². The summed E-state index contributed by atoms with van der Waals surface area (Å²) in [7, 11) is 0. The number of hydrogen-bond donors (Lipinski definition) is 3. The Morgan fingerprint density at radius 2 is 1.41 bits per heavy atom. The zero-order chi connectivity index (χ0) is 26.4. The highest BCUT2D eigenvalue weighted by Gasteiger charge is 2.19. The van der Waals surface area contributed by atoms with Crippen LogP contribution in [0, 0.1) is 0 Å². The van der Waals surface area contributed by atoms with Crippen LogP contribution in [0.5, 0.6) is 17.2 Å². The number of phenolic OH excluding ortho intramolecular Hbond substituents is 1. The van der Waals surface area contributed by atoms with Gasteiger partial charge >= 0.3 is 5.97 Å². The van der Waals surface area contributed by atoms with Crippen LogP contribution in [-0.4, -0.2) is 28.6 Å². The molecule has 4 aromatic rings. The van der Waals surface area contributed by atoms with Crippen molar-refractivity contribution >= 4 is 35.1 Å². The smallest absolute Gasteiger partial charge is 0.307 e. The van der Waals surface area contributed by atoms with Crippen molar-refractivity contribution in [3.63, 3.8) is 0 Å². The van der Waals surface area contributed by atoms with Crippen LogP contribution in [-0.2, 0) is 11.2 Å². The Morgan fingerprint density at radius 3 is 1.95 bits per heavy atom. The van der Waals surface area contributed by atoms with Crippen LogP contribution in [0.4, 0.5) is 0 Å². The number of aromatic hydroxyl groups is 1. The molecule has 0 radical (unpaired) electrons. The lowest BCUT2D eigenvalue weighted by atomic mass is 9.91. The second-order valence-corrected chi connectivity index (χ2v) is 9.14. The first-order chi connectivity index (χ1) is 17.8. The summed E-state index contributed by atoms with van der Waals surface area (Å²) in [5, 5.41) is 22.5. The molecule has 3 N–H and O–H groups in total. The first-order valence-corrected chi connectivity index (χ1v) is 12.2. The van der Waals surface area contributed by atoms with E-state index in [0.29, 0.717) is 12.1 Å². The zero-order valence-corrected chi connectivity index (χ0v) is 21.0. The molecule has 4 rings (SSSR count). The van der Waals surface area contributed by atoms with E-state index in [4.69, 9.17) is 33.0 Å². The molecule has 0 saturated carbocycles. The predicted molar refractivity (Wildman–Crippen MR) is 143 cm³/mol. The van der Waals surface area contributed by atoms with Gasteiger partial charge < -0.3 is 20.3 Å². The third-order valence-corrected chi connectivity index (χ3v) is 6.28. The van der Waals surface area contributed by atoms with Gasteiger partial charge in [-0.2, -0.15) is 0 Å². The summed E-state index contributed by atoms with van der Waals surface area (Å²) < 4.78 is 5.81. The van der Waals surface area contributed by atoms with Crippen molar-refractivity contribution in [1.29, 1.82) is 0 Å². The van der Waals surface area contributed by atoms with Crippen LogP contribution < -0.4 is 10.1 Å². The van der Waals surface area contributed by atoms with E-state index in [1.807, 2.05) is 60.7 Å². The first kappa shape index (κ1) is 26.1. The highest BCUT2D eigenvalue weighted by molar-refractivity contribution is 6.37. The van der Waals surface area contributed by atoms with Gasteiger partial charge in [0.2, 0.25) is 0 Å². The van der Waals surface area contributed by atoms with E-state index in [0.717, 1.165) is 11.1 Å². The average molecular weight is 536 g/mol. The van der Waals surface area contributed by atoms with Crippen LogP contribution in [0.1, 0.15) is 33.0 Å². The van der Waals surface area contributed by atoms with E-state index in [-0.39, 0.29) is 45.2 Å². The quantitative estimate of drug-likeness (QED) is 0.222. The van der Waals surface area contributed by atoms with E-state index >= 15 is 0 Å². The van der Waals surface area contributed by atoms with Crippen molar-refractivity contribution in [2.75, 3.05) is 6.54 Å². The molecule has 4 aromatic carbocycles. The fraction of sp³-hybridized carbons (Fsp3) is 0.103. The summed E-state index contributed by atoms with van der Waals surface area (Å²) in [6.07, 6.45) is -0.240. The lowest BCUT2D eigenvalue weighted by molar-refractivity contribution is -0.136. The lowest BCUT2D eigenvalue weighted by Crippen LogP contribution is -2.29. The summed E-state index contributed by atoms with van der Waals surface area (Å²) in [6.45, 7) is 0.306. The topological polar surface area (TPSA) is 95.9 Å². The Bertz CT molecular complexity index is 1350. The first-order valence-electron chi connectivity index (χ1n) is 11.4. The van der Waals surface area contributed by atoms with E-state index in [2.05, 4.69) is 5.32 Å². The Morgan fingerprint density at radius 1 is 0.838 bits per heavy atom. The summed E-state index contributed by atoms with van der Waals surface area (Å²) in [6, 6.07) is 26.8. The maximum Gasteiger partial charge on any atom is 0.307 e. The van der Waals surface area contributed by atoms with Gasteiger partial charge in [0.1, 0.15) is 11.5 Å². The molecule has 0 heterocycles. The molecule has 0 fully saturated rings. The molecule has 0 aliphatic carbocycles. The SMILES string of the molecule is O=C(O)Cc1cc(Cl)c(Oc2ccc(O)c(C(=O)NCC(c3ccccc3)c3ccccc3)c2)c(Cl)c1. The molecule has 6 nitrogen and oxygen atoms in total. The number of rotatable bonds is 9. The molecule has 8 heteroatoms. The van der Waals surface area contributed by atoms with Gasteiger partial charge in [-0.05, 0) is 47.0 Å². The van der Waals surface area contributed by atoms with E-state index < -0.39 is 11.9 Å². The minimum atomic E-state index is -1.02. The summed E-state index contributed by atoms with van der Waals surface area (Å²) >= 11 is 12.5. The minimum absolute atomic E-state index is 0.0205. The molecule has 188 valence electrons. The number of carbonyl (C=O) groups is 2. The number of nitrogens with one attached hydrogen (secondary N) is 1. The average Bonchev–Trinajstić information content (AvgIpc) is 2.88. The van der Waals surface area contributed by atoms with Gasteiger partial charge in [-0.1, -0.05) is 83.9 Å². The fourth-order valence-corrected chi connectivity index (χ4v) is 4.56. The molecule has 0 aliphatic heterocycles. The van der Waals surface area contributed by atoms with Gasteiger partial charge in [0, 0.05) is 12.5 Å². The van der Waals surface area contributed by atoms with Crippen molar-refractivity contribution in [3.05, 3.63) is 123 Å². The van der Waals surface area contributed by atoms with E-state index in [9.17, 15) is 14.7 Å². The standard InChI is InChI=1S/C29H23Cl2NO5/c30-24-13-18(15-27(34)35)14-25(31)28(24)37-21-11-12-26(33)22(16-21)29(36)32-17-23(19-7-3-1-4-8-19)20-9-5-2-6-10-20/h1-14,16,23,33H,15,17H2,(H,32,36)(H,34,35). The van der Waals surface area contributed by atoms with Crippen molar-refractivity contribution in [2.24, 2.45) is 0 Å². The van der Waals surface area contributed by atoms with Crippen LogP contribution in [0.3, 0.4) is 0 Å². The zero-order valence-electron chi connectivity index (χ0n) is 19.5. The third kappa shape index (κ3) is 6.61.